The minimum absolute atomic E-state index is 0.0269. The molecule has 5 heteroatoms. The van der Waals surface area contributed by atoms with Crippen LogP contribution in [-0.4, -0.2) is 41.9 Å². The van der Waals surface area contributed by atoms with E-state index in [2.05, 4.69) is 52.0 Å². The van der Waals surface area contributed by atoms with Gasteiger partial charge in [-0.15, -0.1) is 0 Å². The lowest BCUT2D eigenvalue weighted by molar-refractivity contribution is 0.0596. The number of benzene rings is 1. The van der Waals surface area contributed by atoms with Gasteiger partial charge in [0.25, 0.3) is 5.91 Å². The van der Waals surface area contributed by atoms with Crippen molar-refractivity contribution in [1.82, 2.24) is 9.80 Å². The fourth-order valence-electron chi connectivity index (χ4n) is 2.76. The van der Waals surface area contributed by atoms with Gasteiger partial charge in [0, 0.05) is 32.7 Å². The van der Waals surface area contributed by atoms with E-state index < -0.39 is 0 Å². The topological polar surface area (TPSA) is 36.7 Å². The van der Waals surface area contributed by atoms with E-state index >= 15 is 0 Å². The summed E-state index contributed by atoms with van der Waals surface area (Å²) in [5.41, 5.74) is 2.62. The summed E-state index contributed by atoms with van der Waals surface area (Å²) in [6.07, 6.45) is 0. The normalized spacial score (nSPS) is 16.0. The quantitative estimate of drug-likeness (QED) is 0.840. The molecule has 1 saturated heterocycles. The van der Waals surface area contributed by atoms with Gasteiger partial charge < -0.3 is 9.32 Å². The molecule has 1 aliphatic heterocycles. The van der Waals surface area contributed by atoms with E-state index in [1.54, 1.807) is 12.1 Å². The summed E-state index contributed by atoms with van der Waals surface area (Å²) in [7, 11) is 0. The molecule has 3 rings (SSSR count). The van der Waals surface area contributed by atoms with Gasteiger partial charge >= 0.3 is 0 Å². The van der Waals surface area contributed by atoms with Crippen LogP contribution >= 0.6 is 15.9 Å². The van der Waals surface area contributed by atoms with Gasteiger partial charge in [0.05, 0.1) is 0 Å². The summed E-state index contributed by atoms with van der Waals surface area (Å²) in [6.45, 7) is 6.31. The van der Waals surface area contributed by atoms with Gasteiger partial charge in [-0.3, -0.25) is 9.69 Å². The van der Waals surface area contributed by atoms with Crippen molar-refractivity contribution in [3.05, 3.63) is 58.0 Å². The Bertz CT molecular complexity index is 660. The maximum Gasteiger partial charge on any atom is 0.289 e. The molecule has 1 aromatic heterocycles. The third-order valence-corrected chi connectivity index (χ3v) is 4.36. The van der Waals surface area contributed by atoms with E-state index in [1.165, 1.54) is 11.1 Å². The average molecular weight is 363 g/mol. The van der Waals surface area contributed by atoms with Gasteiger partial charge in [-0.1, -0.05) is 29.8 Å². The average Bonchev–Trinajstić information content (AvgIpc) is 2.94. The molecule has 2 heterocycles. The second-order valence-corrected chi connectivity index (χ2v) is 6.44. The van der Waals surface area contributed by atoms with E-state index in [9.17, 15) is 4.79 Å². The lowest BCUT2D eigenvalue weighted by Crippen LogP contribution is -2.48. The van der Waals surface area contributed by atoms with Gasteiger partial charge in [0.2, 0.25) is 0 Å². The summed E-state index contributed by atoms with van der Waals surface area (Å²) >= 11 is 3.23. The van der Waals surface area contributed by atoms with Gasteiger partial charge in [0.1, 0.15) is 0 Å². The first kappa shape index (κ1) is 15.3. The lowest BCUT2D eigenvalue weighted by atomic mass is 10.1. The van der Waals surface area contributed by atoms with Gasteiger partial charge in [-0.25, -0.2) is 0 Å². The van der Waals surface area contributed by atoms with Crippen molar-refractivity contribution >= 4 is 21.8 Å². The summed E-state index contributed by atoms with van der Waals surface area (Å²) in [4.78, 5) is 16.6. The molecule has 0 saturated carbocycles. The number of aryl methyl sites for hydroxylation is 1. The van der Waals surface area contributed by atoms with Crippen molar-refractivity contribution in [1.29, 1.82) is 0 Å². The number of nitrogens with zero attached hydrogens (tertiary/aromatic N) is 2. The smallest absolute Gasteiger partial charge is 0.289 e. The SMILES string of the molecule is Cc1cccc(CN2CCN(C(=O)c3ccc(Br)o3)CC2)c1. The molecule has 0 unspecified atom stereocenters. The van der Waals surface area contributed by atoms with Crippen LogP contribution in [0.4, 0.5) is 0 Å². The Hall–Kier alpha value is -1.59. The van der Waals surface area contributed by atoms with Crippen LogP contribution in [0.3, 0.4) is 0 Å². The van der Waals surface area contributed by atoms with Crippen LogP contribution in [0.15, 0.2) is 45.5 Å². The number of carbonyl (C=O) groups is 1. The van der Waals surface area contributed by atoms with E-state index in [4.69, 9.17) is 4.42 Å². The van der Waals surface area contributed by atoms with Crippen LogP contribution in [0, 0.1) is 6.92 Å². The first-order valence-electron chi connectivity index (χ1n) is 7.44. The molecule has 0 bridgehead atoms. The Morgan fingerprint density at radius 2 is 1.95 bits per heavy atom. The summed E-state index contributed by atoms with van der Waals surface area (Å²) < 4.78 is 5.94. The van der Waals surface area contributed by atoms with Crippen LogP contribution in [0.2, 0.25) is 0 Å². The Balaban J connectivity index is 1.55. The number of halogens is 1. The standard InChI is InChI=1S/C17H19BrN2O2/c1-13-3-2-4-14(11-13)12-19-7-9-20(10-8-19)17(21)15-5-6-16(18)22-15/h2-6,11H,7-10,12H2,1H3. The number of rotatable bonds is 3. The van der Waals surface area contributed by atoms with Crippen molar-refractivity contribution in [2.24, 2.45) is 0 Å². The molecule has 0 radical (unpaired) electrons. The first-order chi connectivity index (χ1) is 10.6. The molecule has 1 amide bonds. The molecule has 1 aliphatic rings. The van der Waals surface area contributed by atoms with Gasteiger partial charge in [-0.05, 0) is 40.5 Å². The molecule has 1 fully saturated rings. The Morgan fingerprint density at radius 1 is 1.18 bits per heavy atom. The second kappa shape index (κ2) is 6.67. The van der Waals surface area contributed by atoms with Crippen molar-refractivity contribution < 1.29 is 9.21 Å². The van der Waals surface area contributed by atoms with Crippen molar-refractivity contribution in [3.63, 3.8) is 0 Å². The van der Waals surface area contributed by atoms with Crippen LogP contribution in [0.5, 0.6) is 0 Å². The Morgan fingerprint density at radius 3 is 2.59 bits per heavy atom. The number of carbonyl (C=O) groups excluding carboxylic acids is 1. The summed E-state index contributed by atoms with van der Waals surface area (Å²) in [6, 6.07) is 12.1. The van der Waals surface area contributed by atoms with Gasteiger partial charge in [0.15, 0.2) is 10.4 Å². The minimum Gasteiger partial charge on any atom is -0.444 e. The van der Waals surface area contributed by atoms with Crippen LogP contribution in [0.1, 0.15) is 21.7 Å². The molecule has 0 atom stereocenters. The number of furan rings is 1. The molecule has 0 N–H and O–H groups in total. The fraction of sp³-hybridized carbons (Fsp3) is 0.353. The number of piperazine rings is 1. The maximum absolute atomic E-state index is 12.3. The highest BCUT2D eigenvalue weighted by Crippen LogP contribution is 2.17. The largest absolute Gasteiger partial charge is 0.444 e. The molecule has 22 heavy (non-hydrogen) atoms. The highest BCUT2D eigenvalue weighted by atomic mass is 79.9. The minimum atomic E-state index is -0.0269. The molecule has 0 aliphatic carbocycles. The molecule has 4 nitrogen and oxygen atoms in total. The van der Waals surface area contributed by atoms with E-state index in [0.717, 1.165) is 32.7 Å². The number of amides is 1. The third kappa shape index (κ3) is 3.59. The number of hydrogen-bond acceptors (Lipinski definition) is 3. The van der Waals surface area contributed by atoms with Crippen LogP contribution in [0.25, 0.3) is 0 Å². The highest BCUT2D eigenvalue weighted by Gasteiger charge is 2.24. The van der Waals surface area contributed by atoms with Crippen LogP contribution < -0.4 is 0 Å². The van der Waals surface area contributed by atoms with Crippen LogP contribution in [-0.2, 0) is 6.54 Å². The van der Waals surface area contributed by atoms with Crippen molar-refractivity contribution in [3.8, 4) is 0 Å². The van der Waals surface area contributed by atoms with Gasteiger partial charge in [-0.2, -0.15) is 0 Å². The zero-order valence-electron chi connectivity index (χ0n) is 12.6. The predicted octanol–water partition coefficient (Wildman–Crippen LogP) is 3.31. The lowest BCUT2D eigenvalue weighted by Gasteiger charge is -2.34. The molecule has 2 aromatic rings. The van der Waals surface area contributed by atoms with Crippen molar-refractivity contribution in [2.75, 3.05) is 26.2 Å². The highest BCUT2D eigenvalue weighted by molar-refractivity contribution is 9.10. The first-order valence-corrected chi connectivity index (χ1v) is 8.23. The second-order valence-electron chi connectivity index (χ2n) is 5.66. The van der Waals surface area contributed by atoms with E-state index in [-0.39, 0.29) is 5.91 Å². The molecular weight excluding hydrogens is 344 g/mol. The maximum atomic E-state index is 12.3. The monoisotopic (exact) mass is 362 g/mol. The zero-order valence-corrected chi connectivity index (χ0v) is 14.2. The van der Waals surface area contributed by atoms with E-state index in [0.29, 0.717) is 10.4 Å². The molecule has 0 spiro atoms. The third-order valence-electron chi connectivity index (χ3n) is 3.93. The molecule has 1 aromatic carbocycles. The van der Waals surface area contributed by atoms with E-state index in [1.807, 2.05) is 4.90 Å². The fourth-order valence-corrected chi connectivity index (χ4v) is 3.07. The predicted molar refractivity (Wildman–Crippen MR) is 88.8 cm³/mol. The Labute approximate surface area is 138 Å². The Kier molecular flexibility index (Phi) is 4.64. The summed E-state index contributed by atoms with van der Waals surface area (Å²) in [5, 5.41) is 0. The summed E-state index contributed by atoms with van der Waals surface area (Å²) in [5.74, 6) is 0.375. The molecular formula is C17H19BrN2O2. The number of hydrogen-bond donors (Lipinski definition) is 0. The zero-order chi connectivity index (χ0) is 15.5. The van der Waals surface area contributed by atoms with Crippen molar-refractivity contribution in [2.45, 2.75) is 13.5 Å². The molecule has 116 valence electrons.